The van der Waals surface area contributed by atoms with Crippen LogP contribution < -0.4 is 0 Å². The molecule has 0 atom stereocenters. The molecule has 1 rings (SSSR count). The quantitative estimate of drug-likeness (QED) is 0.831. The van der Waals surface area contributed by atoms with Gasteiger partial charge < -0.3 is 14.6 Å². The molecule has 1 aromatic heterocycles. The maximum absolute atomic E-state index is 12.3. The number of aromatic carboxylic acids is 2. The molecule has 12 heteroatoms. The second kappa shape index (κ2) is 4.68. The van der Waals surface area contributed by atoms with Crippen molar-refractivity contribution in [2.24, 2.45) is 0 Å². The molecular weight excluding hydrogens is 304 g/mol. The number of hydrogen-bond acceptors (Lipinski definition) is 4. The van der Waals surface area contributed by atoms with E-state index in [2.05, 4.69) is 9.40 Å². The summed E-state index contributed by atoms with van der Waals surface area (Å²) in [4.78, 5) is 23.5. The van der Waals surface area contributed by atoms with Crippen molar-refractivity contribution in [1.29, 1.82) is 0 Å². The van der Waals surface area contributed by atoms with Crippen LogP contribution in [0.3, 0.4) is 0 Å². The maximum atomic E-state index is 12.3. The van der Waals surface area contributed by atoms with Gasteiger partial charge in [-0.1, -0.05) is 0 Å². The molecular formula is C8H3F6NO5. The van der Waals surface area contributed by atoms with Crippen molar-refractivity contribution in [1.82, 2.24) is 4.98 Å². The summed E-state index contributed by atoms with van der Waals surface area (Å²) in [6.45, 7) is 0. The van der Waals surface area contributed by atoms with Gasteiger partial charge in [0.05, 0.1) is 0 Å². The Morgan fingerprint density at radius 3 is 1.70 bits per heavy atom. The summed E-state index contributed by atoms with van der Waals surface area (Å²) < 4.78 is 77.8. The largest absolute Gasteiger partial charge is 0.476 e. The minimum Gasteiger partial charge on any atom is -0.476 e. The molecule has 6 nitrogen and oxygen atoms in total. The Kier molecular flexibility index (Phi) is 3.70. The first-order chi connectivity index (χ1) is 8.85. The molecule has 0 saturated carbocycles. The van der Waals surface area contributed by atoms with E-state index < -0.39 is 47.6 Å². The lowest BCUT2D eigenvalue weighted by Gasteiger charge is -2.19. The van der Waals surface area contributed by atoms with Crippen molar-refractivity contribution in [2.75, 3.05) is 0 Å². The zero-order chi connectivity index (χ0) is 15.9. The number of carbonyl (C=O) groups is 2. The lowest BCUT2D eigenvalue weighted by molar-refractivity contribution is -0.258. The van der Waals surface area contributed by atoms with Crippen molar-refractivity contribution in [3.63, 3.8) is 0 Å². The molecule has 20 heavy (non-hydrogen) atoms. The topological polar surface area (TPSA) is 101 Å². The van der Waals surface area contributed by atoms with Crippen molar-refractivity contribution < 1.29 is 50.6 Å². The van der Waals surface area contributed by atoms with Crippen LogP contribution in [-0.2, 0) is 0 Å². The van der Waals surface area contributed by atoms with E-state index in [1.807, 2.05) is 0 Å². The first-order valence-electron chi connectivity index (χ1n) is 4.46. The van der Waals surface area contributed by atoms with Gasteiger partial charge in [-0.15, -0.1) is 0 Å². The second-order valence-corrected chi connectivity index (χ2v) is 3.36. The number of carboxylic acid groups (broad SMARTS) is 2. The number of alkyl halides is 6. The van der Waals surface area contributed by atoms with Crippen LogP contribution in [0.5, 0.6) is 0 Å². The predicted octanol–water partition coefficient (Wildman–Crippen LogP) is 2.28. The third-order valence-corrected chi connectivity index (χ3v) is 1.94. The van der Waals surface area contributed by atoms with Gasteiger partial charge in [-0.2, -0.15) is 26.3 Å². The van der Waals surface area contributed by atoms with Gasteiger partial charge in [0.25, 0.3) is 0 Å². The lowest BCUT2D eigenvalue weighted by Crippen LogP contribution is -2.34. The first kappa shape index (κ1) is 15.8. The number of aromatic nitrogens is 1. The molecule has 112 valence electrons. The summed E-state index contributed by atoms with van der Waals surface area (Å²) in [5, 5.41) is 16.9. The smallest absolute Gasteiger partial charge is 0.409 e. The number of rotatable bonds is 3. The van der Waals surface area contributed by atoms with Crippen molar-refractivity contribution in [3.8, 4) is 0 Å². The fraction of sp³-hybridized carbons (Fsp3) is 0.375. The summed E-state index contributed by atoms with van der Waals surface area (Å²) >= 11 is 0. The number of oxazole rings is 1. The minimum absolute atomic E-state index is 1.55. The minimum atomic E-state index is -5.88. The van der Waals surface area contributed by atoms with Crippen LogP contribution in [0.4, 0.5) is 26.3 Å². The van der Waals surface area contributed by atoms with Crippen LogP contribution in [-0.4, -0.2) is 39.5 Å². The van der Waals surface area contributed by atoms with E-state index in [9.17, 15) is 35.9 Å². The van der Waals surface area contributed by atoms with Crippen LogP contribution in [0.25, 0.3) is 0 Å². The normalized spacial score (nSPS) is 12.8. The Labute approximate surface area is 104 Å². The van der Waals surface area contributed by atoms with E-state index in [1.165, 1.54) is 0 Å². The predicted molar refractivity (Wildman–Crippen MR) is 45.3 cm³/mol. The second-order valence-electron chi connectivity index (χ2n) is 3.36. The molecule has 0 bridgehead atoms. The Balaban J connectivity index is 3.48. The molecule has 1 heterocycles. The SMILES string of the molecule is O=C(O)c1nc(C(C(F)(F)F)C(F)(F)F)oc1C(=O)O. The van der Waals surface area contributed by atoms with Crippen molar-refractivity contribution in [3.05, 3.63) is 17.3 Å². The monoisotopic (exact) mass is 307 g/mol. The zero-order valence-electron chi connectivity index (χ0n) is 8.91. The molecule has 0 fully saturated rings. The summed E-state index contributed by atoms with van der Waals surface area (Å²) in [5.74, 6) is -12.2. The van der Waals surface area contributed by atoms with E-state index in [0.717, 1.165) is 0 Å². The third-order valence-electron chi connectivity index (χ3n) is 1.94. The van der Waals surface area contributed by atoms with Gasteiger partial charge in [-0.05, 0) is 0 Å². The molecule has 0 radical (unpaired) electrons. The summed E-state index contributed by atoms with van der Waals surface area (Å²) in [5.41, 5.74) is -1.55. The van der Waals surface area contributed by atoms with Crippen LogP contribution in [0.15, 0.2) is 4.42 Å². The number of nitrogens with zero attached hydrogens (tertiary/aromatic N) is 1. The van der Waals surface area contributed by atoms with Gasteiger partial charge in [-0.3, -0.25) is 0 Å². The molecule has 0 aliphatic carbocycles. The Morgan fingerprint density at radius 1 is 1.00 bits per heavy atom. The highest BCUT2D eigenvalue weighted by Gasteiger charge is 2.61. The molecule has 1 aromatic rings. The molecule has 0 amide bonds. The van der Waals surface area contributed by atoms with Crippen LogP contribution in [0.1, 0.15) is 32.9 Å². The number of halogens is 6. The molecule has 0 aromatic carbocycles. The first-order valence-corrected chi connectivity index (χ1v) is 4.46. The van der Waals surface area contributed by atoms with Gasteiger partial charge in [0.15, 0.2) is 0 Å². The van der Waals surface area contributed by atoms with E-state index >= 15 is 0 Å². The molecule has 2 N–H and O–H groups in total. The molecule has 0 unspecified atom stereocenters. The fourth-order valence-corrected chi connectivity index (χ4v) is 1.22. The zero-order valence-corrected chi connectivity index (χ0v) is 8.91. The lowest BCUT2D eigenvalue weighted by atomic mass is 10.1. The average Bonchev–Trinajstić information content (AvgIpc) is 2.57. The van der Waals surface area contributed by atoms with Gasteiger partial charge in [0.2, 0.25) is 23.3 Å². The van der Waals surface area contributed by atoms with E-state index in [0.29, 0.717) is 0 Å². The molecule has 0 spiro atoms. The van der Waals surface area contributed by atoms with E-state index in [1.54, 1.807) is 0 Å². The van der Waals surface area contributed by atoms with Gasteiger partial charge in [0, 0.05) is 0 Å². The van der Waals surface area contributed by atoms with Gasteiger partial charge >= 0.3 is 24.3 Å². The van der Waals surface area contributed by atoms with Crippen molar-refractivity contribution in [2.45, 2.75) is 18.3 Å². The highest BCUT2D eigenvalue weighted by molar-refractivity contribution is 5.98. The summed E-state index contributed by atoms with van der Waals surface area (Å²) in [6, 6.07) is 0. The Morgan fingerprint density at radius 2 is 1.45 bits per heavy atom. The molecule has 0 aliphatic rings. The fourth-order valence-electron chi connectivity index (χ4n) is 1.22. The standard InChI is InChI=1S/C8H3F6NO5/c9-7(10,11)3(8(12,13)14)4-15-1(5(16)17)2(20-4)6(18)19/h3H,(H,16,17)(H,18,19). The highest BCUT2D eigenvalue weighted by atomic mass is 19.4. The Hall–Kier alpha value is -2.27. The highest BCUT2D eigenvalue weighted by Crippen LogP contribution is 2.46. The van der Waals surface area contributed by atoms with Crippen LogP contribution in [0, 0.1) is 0 Å². The Bertz CT molecular complexity index is 499. The number of hydrogen-bond donors (Lipinski definition) is 2. The van der Waals surface area contributed by atoms with Gasteiger partial charge in [-0.25, -0.2) is 14.6 Å². The van der Waals surface area contributed by atoms with Crippen LogP contribution >= 0.6 is 0 Å². The summed E-state index contributed by atoms with van der Waals surface area (Å²) in [7, 11) is 0. The molecule has 0 aliphatic heterocycles. The number of carboxylic acids is 2. The van der Waals surface area contributed by atoms with Crippen LogP contribution in [0.2, 0.25) is 0 Å². The average molecular weight is 307 g/mol. The van der Waals surface area contributed by atoms with Crippen molar-refractivity contribution >= 4 is 11.9 Å². The third kappa shape index (κ3) is 3.00. The molecule has 0 saturated heterocycles. The van der Waals surface area contributed by atoms with E-state index in [4.69, 9.17) is 10.2 Å². The van der Waals surface area contributed by atoms with E-state index in [-0.39, 0.29) is 0 Å². The van der Waals surface area contributed by atoms with Gasteiger partial charge in [0.1, 0.15) is 0 Å². The summed E-state index contributed by atoms with van der Waals surface area (Å²) in [6.07, 6.45) is -11.8. The maximum Gasteiger partial charge on any atom is 0.409 e.